The molecule has 172 valence electrons. The summed E-state index contributed by atoms with van der Waals surface area (Å²) < 4.78 is 0. The van der Waals surface area contributed by atoms with E-state index in [0.717, 1.165) is 40.4 Å². The van der Waals surface area contributed by atoms with Gasteiger partial charge in [-0.2, -0.15) is 0 Å². The van der Waals surface area contributed by atoms with Gasteiger partial charge < -0.3 is 16.2 Å². The van der Waals surface area contributed by atoms with Gasteiger partial charge in [0.05, 0.1) is 5.52 Å². The minimum atomic E-state index is -1.04. The van der Waals surface area contributed by atoms with Gasteiger partial charge in [-0.3, -0.25) is 14.6 Å². The fourth-order valence-electron chi connectivity index (χ4n) is 4.04. The van der Waals surface area contributed by atoms with Gasteiger partial charge in [0.25, 0.3) is 5.91 Å². The number of carboxylic acid groups (broad SMARTS) is 1. The van der Waals surface area contributed by atoms with Gasteiger partial charge in [0.1, 0.15) is 6.04 Å². The number of aliphatic carboxylic acids is 1. The van der Waals surface area contributed by atoms with Crippen molar-refractivity contribution in [2.45, 2.75) is 25.3 Å². The number of carboxylic acids is 1. The highest BCUT2D eigenvalue weighted by Crippen LogP contribution is 2.30. The second-order valence-electron chi connectivity index (χ2n) is 8.24. The van der Waals surface area contributed by atoms with Crippen molar-refractivity contribution in [1.29, 1.82) is 0 Å². The van der Waals surface area contributed by atoms with Crippen molar-refractivity contribution in [3.8, 4) is 11.1 Å². The van der Waals surface area contributed by atoms with E-state index >= 15 is 0 Å². The van der Waals surface area contributed by atoms with Crippen molar-refractivity contribution in [3.63, 3.8) is 0 Å². The topological polar surface area (TPSA) is 105 Å². The van der Waals surface area contributed by atoms with Gasteiger partial charge in [0, 0.05) is 29.3 Å². The van der Waals surface area contributed by atoms with Gasteiger partial charge in [-0.25, -0.2) is 0 Å². The lowest BCUT2D eigenvalue weighted by Gasteiger charge is -2.12. The van der Waals surface area contributed by atoms with Crippen molar-refractivity contribution in [2.24, 2.45) is 5.73 Å². The lowest BCUT2D eigenvalue weighted by atomic mass is 9.95. The molecule has 0 radical (unpaired) electrons. The third-order valence-electron chi connectivity index (χ3n) is 5.84. The molecule has 0 aliphatic carbocycles. The number of para-hydroxylation sites is 1. The molecule has 4 N–H and O–H groups in total. The van der Waals surface area contributed by atoms with E-state index in [4.69, 9.17) is 10.8 Å². The number of aromatic nitrogens is 1. The van der Waals surface area contributed by atoms with Crippen molar-refractivity contribution < 1.29 is 14.7 Å². The van der Waals surface area contributed by atoms with Crippen LogP contribution in [-0.2, 0) is 17.6 Å². The zero-order chi connectivity index (χ0) is 23.9. The van der Waals surface area contributed by atoms with Crippen molar-refractivity contribution in [3.05, 3.63) is 102 Å². The van der Waals surface area contributed by atoms with Crippen LogP contribution in [0, 0.1) is 0 Å². The number of benzene rings is 3. The zero-order valence-electron chi connectivity index (χ0n) is 18.8. The third-order valence-corrected chi connectivity index (χ3v) is 5.84. The molecule has 34 heavy (non-hydrogen) atoms. The maximum Gasteiger partial charge on any atom is 0.320 e. The second-order valence-corrected chi connectivity index (χ2v) is 8.24. The summed E-state index contributed by atoms with van der Waals surface area (Å²) in [5.74, 6) is -1.19. The number of fused-ring (bicyclic) bond motifs is 1. The van der Waals surface area contributed by atoms with Gasteiger partial charge >= 0.3 is 5.97 Å². The first-order valence-corrected chi connectivity index (χ1v) is 11.3. The van der Waals surface area contributed by atoms with Crippen LogP contribution in [0.1, 0.15) is 27.9 Å². The van der Waals surface area contributed by atoms with Crippen molar-refractivity contribution in [2.75, 3.05) is 6.54 Å². The Balaban J connectivity index is 1.36. The van der Waals surface area contributed by atoms with E-state index in [9.17, 15) is 9.59 Å². The molecule has 1 aromatic heterocycles. The number of nitrogens with one attached hydrogen (secondary N) is 1. The van der Waals surface area contributed by atoms with Crippen LogP contribution in [0.25, 0.3) is 22.0 Å². The molecule has 0 aliphatic heterocycles. The van der Waals surface area contributed by atoms with Gasteiger partial charge in [-0.15, -0.1) is 0 Å². The number of pyridine rings is 1. The molecule has 1 atom stereocenters. The molecule has 0 unspecified atom stereocenters. The molecular weight excluding hydrogens is 426 g/mol. The highest BCUT2D eigenvalue weighted by molar-refractivity contribution is 5.95. The van der Waals surface area contributed by atoms with Gasteiger partial charge in [0.2, 0.25) is 0 Å². The Labute approximate surface area is 198 Å². The van der Waals surface area contributed by atoms with Gasteiger partial charge in [0.15, 0.2) is 0 Å². The van der Waals surface area contributed by atoms with E-state index in [1.165, 1.54) is 5.56 Å². The number of carbonyl (C=O) groups is 2. The van der Waals surface area contributed by atoms with Crippen molar-refractivity contribution in [1.82, 2.24) is 10.3 Å². The fourth-order valence-corrected chi connectivity index (χ4v) is 4.04. The number of carbonyl (C=O) groups excluding carboxylic acids is 1. The predicted octanol–water partition coefficient (Wildman–Crippen LogP) is 4.22. The number of hydrogen-bond acceptors (Lipinski definition) is 4. The smallest absolute Gasteiger partial charge is 0.320 e. The minimum Gasteiger partial charge on any atom is -0.480 e. The summed E-state index contributed by atoms with van der Waals surface area (Å²) in [7, 11) is 0. The SMILES string of the molecule is N[C@@H](Cc1ccc(C(=O)NCCCc2ccccc2-c2cccc3cccnc23)cc1)C(=O)O. The highest BCUT2D eigenvalue weighted by Gasteiger charge is 2.13. The molecule has 0 saturated carbocycles. The van der Waals surface area contributed by atoms with Crippen LogP contribution >= 0.6 is 0 Å². The molecule has 1 heterocycles. The second kappa shape index (κ2) is 10.7. The highest BCUT2D eigenvalue weighted by atomic mass is 16.4. The van der Waals surface area contributed by atoms with E-state index in [1.807, 2.05) is 24.4 Å². The van der Waals surface area contributed by atoms with Crippen LogP contribution < -0.4 is 11.1 Å². The third kappa shape index (κ3) is 5.47. The van der Waals surface area contributed by atoms with Crippen LogP contribution in [0.2, 0.25) is 0 Å². The molecule has 0 bridgehead atoms. The zero-order valence-corrected chi connectivity index (χ0v) is 18.8. The average Bonchev–Trinajstić information content (AvgIpc) is 2.87. The Kier molecular flexibility index (Phi) is 7.30. The largest absolute Gasteiger partial charge is 0.480 e. The Morgan fingerprint density at radius 2 is 1.65 bits per heavy atom. The summed E-state index contributed by atoms with van der Waals surface area (Å²) in [6, 6.07) is 24.5. The van der Waals surface area contributed by atoms with Crippen LogP contribution in [-0.4, -0.2) is 34.6 Å². The van der Waals surface area contributed by atoms with E-state index in [2.05, 4.69) is 46.7 Å². The van der Waals surface area contributed by atoms with Crippen LogP contribution in [0.15, 0.2) is 85.1 Å². The van der Waals surface area contributed by atoms with E-state index in [-0.39, 0.29) is 12.3 Å². The first-order chi connectivity index (χ1) is 16.5. The van der Waals surface area contributed by atoms with Crippen molar-refractivity contribution >= 4 is 22.8 Å². The Hall–Kier alpha value is -4.03. The monoisotopic (exact) mass is 453 g/mol. The Morgan fingerprint density at radius 3 is 2.44 bits per heavy atom. The van der Waals surface area contributed by atoms with Crippen LogP contribution in [0.3, 0.4) is 0 Å². The first kappa shape index (κ1) is 23.1. The molecule has 0 fully saturated rings. The number of aryl methyl sites for hydroxylation is 1. The molecule has 4 rings (SSSR count). The van der Waals surface area contributed by atoms with Crippen LogP contribution in [0.5, 0.6) is 0 Å². The quantitative estimate of drug-likeness (QED) is 0.329. The predicted molar refractivity (Wildman–Crippen MR) is 134 cm³/mol. The lowest BCUT2D eigenvalue weighted by molar-refractivity contribution is -0.138. The van der Waals surface area contributed by atoms with Gasteiger partial charge in [-0.1, -0.05) is 60.7 Å². The molecular formula is C28H27N3O3. The lowest BCUT2D eigenvalue weighted by Crippen LogP contribution is -2.32. The molecule has 4 aromatic rings. The normalized spacial score (nSPS) is 11.8. The summed E-state index contributed by atoms with van der Waals surface area (Å²) >= 11 is 0. The Bertz CT molecular complexity index is 1300. The van der Waals surface area contributed by atoms with Crippen LogP contribution in [0.4, 0.5) is 0 Å². The number of hydrogen-bond donors (Lipinski definition) is 3. The minimum absolute atomic E-state index is 0.152. The first-order valence-electron chi connectivity index (χ1n) is 11.3. The maximum atomic E-state index is 12.5. The van der Waals surface area contributed by atoms with Gasteiger partial charge in [-0.05, 0) is 54.2 Å². The number of rotatable bonds is 9. The van der Waals surface area contributed by atoms with E-state index in [0.29, 0.717) is 12.1 Å². The summed E-state index contributed by atoms with van der Waals surface area (Å²) in [6.07, 6.45) is 3.66. The standard InChI is InChI=1S/C28H27N3O3/c29-25(28(33)34)18-19-12-14-22(15-13-19)27(32)31-17-4-8-20-6-1-2-10-23(20)24-11-3-7-21-9-5-16-30-26(21)24/h1-3,5-7,9-16,25H,4,8,17-18,29H2,(H,31,32)(H,33,34)/t25-/m0/s1. The molecule has 0 saturated heterocycles. The molecule has 6 nitrogen and oxygen atoms in total. The molecule has 0 aliphatic rings. The Morgan fingerprint density at radius 1 is 0.912 bits per heavy atom. The molecule has 0 spiro atoms. The van der Waals surface area contributed by atoms with E-state index < -0.39 is 12.0 Å². The molecule has 3 aromatic carbocycles. The molecule has 1 amide bonds. The van der Waals surface area contributed by atoms with E-state index in [1.54, 1.807) is 24.3 Å². The summed E-state index contributed by atoms with van der Waals surface area (Å²) in [4.78, 5) is 28.0. The number of nitrogens with two attached hydrogens (primary N) is 1. The average molecular weight is 454 g/mol. The summed E-state index contributed by atoms with van der Waals surface area (Å²) in [5, 5.41) is 13.0. The molecule has 6 heteroatoms. The summed E-state index contributed by atoms with van der Waals surface area (Å²) in [5.41, 5.74) is 11.4. The number of nitrogens with zero attached hydrogens (tertiary/aromatic N) is 1. The fraction of sp³-hybridized carbons (Fsp3) is 0.179. The summed E-state index contributed by atoms with van der Waals surface area (Å²) in [6.45, 7) is 0.548. The number of amides is 1. The maximum absolute atomic E-state index is 12.5.